The second-order valence-electron chi connectivity index (χ2n) is 11.1. The van der Waals surface area contributed by atoms with Crippen LogP contribution >= 0.6 is 11.6 Å². The molecule has 16 heteroatoms. The average Bonchev–Trinajstić information content (AvgIpc) is 3.18. The number of nitrogens with one attached hydrogen (secondary N) is 1. The van der Waals surface area contributed by atoms with Gasteiger partial charge in [0.15, 0.2) is 5.69 Å². The number of aliphatic hydroxyl groups excluding tert-OH is 1. The van der Waals surface area contributed by atoms with E-state index in [1.165, 1.54) is 16.8 Å². The van der Waals surface area contributed by atoms with Gasteiger partial charge in [0, 0.05) is 24.9 Å². The summed E-state index contributed by atoms with van der Waals surface area (Å²) >= 11 is 6.49. The molecule has 0 aliphatic heterocycles. The largest absolute Gasteiger partial charge is 0.434 e. The molecular weight excluding hydrogens is 613 g/mol. The monoisotopic (exact) mass is 645 g/mol. The average molecular weight is 646 g/mol. The van der Waals surface area contributed by atoms with Crippen LogP contribution in [-0.4, -0.2) is 76.9 Å². The zero-order valence-corrected chi connectivity index (χ0v) is 24.9. The van der Waals surface area contributed by atoms with Crippen LogP contribution in [0.15, 0.2) is 18.2 Å². The first-order valence-corrected chi connectivity index (χ1v) is 15.3. The number of hydrogen-bond acceptors (Lipinski definition) is 7. The molecule has 3 N–H and O–H groups in total. The molecule has 0 radical (unpaired) electrons. The van der Waals surface area contributed by atoms with Crippen molar-refractivity contribution in [3.05, 3.63) is 34.5 Å². The van der Waals surface area contributed by atoms with E-state index in [0.29, 0.717) is 0 Å². The highest BCUT2D eigenvalue weighted by Gasteiger charge is 2.47. The first-order valence-electron chi connectivity index (χ1n) is 13.0. The summed E-state index contributed by atoms with van der Waals surface area (Å²) in [6, 6.07) is 3.63. The van der Waals surface area contributed by atoms with Gasteiger partial charge < -0.3 is 20.3 Å². The van der Waals surface area contributed by atoms with Gasteiger partial charge in [0.05, 0.1) is 27.5 Å². The maximum Gasteiger partial charge on any atom is 0.394 e. The zero-order chi connectivity index (χ0) is 31.8. The summed E-state index contributed by atoms with van der Waals surface area (Å²) in [4.78, 5) is 13.0. The fourth-order valence-corrected chi connectivity index (χ4v) is 6.22. The number of halogens is 6. The van der Waals surface area contributed by atoms with E-state index in [4.69, 9.17) is 11.6 Å². The first kappa shape index (κ1) is 34.0. The number of nitrogens with zero attached hydrogens (tertiary/aromatic N) is 2. The number of aromatic nitrogens is 2. The smallest absolute Gasteiger partial charge is 0.394 e. The van der Waals surface area contributed by atoms with Crippen LogP contribution < -0.4 is 10.1 Å². The van der Waals surface area contributed by atoms with Gasteiger partial charge in [-0.3, -0.25) is 9.48 Å². The number of hydrogen-bond donors (Lipinski definition) is 3. The quantitative estimate of drug-likeness (QED) is 0.327. The molecule has 0 saturated heterocycles. The molecule has 1 aliphatic rings. The lowest BCUT2D eigenvalue weighted by atomic mass is 9.82. The summed E-state index contributed by atoms with van der Waals surface area (Å²) < 4.78 is 96.4. The summed E-state index contributed by atoms with van der Waals surface area (Å²) in [5.41, 5.74) is -4.30. The second kappa shape index (κ2) is 12.2. The number of ether oxygens (including phenoxy) is 1. The Kier molecular flexibility index (Phi) is 9.92. The van der Waals surface area contributed by atoms with Gasteiger partial charge in [0.1, 0.15) is 21.2 Å². The van der Waals surface area contributed by atoms with Crippen molar-refractivity contribution < 1.29 is 50.1 Å². The van der Waals surface area contributed by atoms with Gasteiger partial charge in [-0.05, 0) is 50.3 Å². The minimum atomic E-state index is -4.56. The van der Waals surface area contributed by atoms with E-state index in [1.807, 2.05) is 0 Å². The van der Waals surface area contributed by atoms with Crippen molar-refractivity contribution >= 4 is 27.3 Å². The van der Waals surface area contributed by atoms with Gasteiger partial charge in [0.2, 0.25) is 0 Å². The fraction of sp³-hybridized carbons (Fsp3) is 0.615. The number of aryl methyl sites for hydroxylation is 1. The van der Waals surface area contributed by atoms with Crippen molar-refractivity contribution in [1.82, 2.24) is 15.1 Å². The van der Waals surface area contributed by atoms with Crippen LogP contribution in [-0.2, 0) is 22.8 Å². The summed E-state index contributed by atoms with van der Waals surface area (Å²) in [6.45, 7) is -0.0854. The van der Waals surface area contributed by atoms with Crippen molar-refractivity contribution in [3.63, 3.8) is 0 Å². The molecule has 42 heavy (non-hydrogen) atoms. The Morgan fingerprint density at radius 2 is 1.95 bits per heavy atom. The third-order valence-electron chi connectivity index (χ3n) is 7.51. The van der Waals surface area contributed by atoms with E-state index in [-0.39, 0.29) is 53.3 Å². The van der Waals surface area contributed by atoms with Crippen LogP contribution in [0.1, 0.15) is 56.1 Å². The maximum absolute atomic E-state index is 13.4. The van der Waals surface area contributed by atoms with Gasteiger partial charge in [0.25, 0.3) is 5.91 Å². The molecule has 9 nitrogen and oxygen atoms in total. The Labute approximate surface area is 244 Å². The Balaban J connectivity index is 1.91. The van der Waals surface area contributed by atoms with Crippen molar-refractivity contribution in [2.75, 3.05) is 12.8 Å². The highest BCUT2D eigenvalue weighted by atomic mass is 35.5. The van der Waals surface area contributed by atoms with Crippen molar-refractivity contribution in [1.29, 1.82) is 0 Å². The number of carbonyl (C=O) groups excluding carboxylic acids is 1. The number of amides is 1. The molecule has 2 aromatic rings. The highest BCUT2D eigenvalue weighted by molar-refractivity contribution is 7.91. The highest BCUT2D eigenvalue weighted by Crippen LogP contribution is 2.43. The molecule has 1 amide bonds. The Morgan fingerprint density at radius 3 is 2.48 bits per heavy atom. The minimum Gasteiger partial charge on any atom is -0.434 e. The van der Waals surface area contributed by atoms with Crippen molar-refractivity contribution in [2.24, 2.45) is 5.41 Å². The van der Waals surface area contributed by atoms with Crippen LogP contribution in [0.3, 0.4) is 0 Å². The predicted molar refractivity (Wildman–Crippen MR) is 144 cm³/mol. The van der Waals surface area contributed by atoms with Crippen LogP contribution in [0, 0.1) is 5.41 Å². The summed E-state index contributed by atoms with van der Waals surface area (Å²) in [5, 5.41) is 26.8. The number of alkyl halides is 5. The van der Waals surface area contributed by atoms with Gasteiger partial charge >= 0.3 is 12.8 Å². The lowest BCUT2D eigenvalue weighted by Crippen LogP contribution is -2.56. The van der Waals surface area contributed by atoms with E-state index in [9.17, 15) is 45.4 Å². The lowest BCUT2D eigenvalue weighted by molar-refractivity contribution is -0.211. The maximum atomic E-state index is 13.4. The van der Waals surface area contributed by atoms with Gasteiger partial charge in [-0.25, -0.2) is 8.42 Å². The lowest BCUT2D eigenvalue weighted by Gasteiger charge is -2.39. The standard InChI is InChI=1S/C26H33ClF5N3O6S/c1-5-35-21(16-7-6-14(10-17(16)41-23(28)29)12-24(2,3)26(30,31)32)19(27)20(34-35)22(37)33-13-25(38)9-8-15(11-18(25)36)42(4,39)40/h6-7,10,15,18,23,36,38H,5,8-9,11-13H2,1-4H3,(H,33,37)/t15-,18-,25-/m0/s1. The molecule has 0 spiro atoms. The van der Waals surface area contributed by atoms with E-state index in [1.54, 1.807) is 6.92 Å². The van der Waals surface area contributed by atoms with Gasteiger partial charge in [-0.2, -0.15) is 27.1 Å². The van der Waals surface area contributed by atoms with E-state index in [2.05, 4.69) is 15.2 Å². The normalized spacial score (nSPS) is 21.9. The molecule has 3 atom stereocenters. The van der Waals surface area contributed by atoms with Crippen LogP contribution in [0.2, 0.25) is 5.02 Å². The zero-order valence-electron chi connectivity index (χ0n) is 23.3. The van der Waals surface area contributed by atoms with Gasteiger partial charge in [-0.15, -0.1) is 0 Å². The molecule has 1 aromatic heterocycles. The Morgan fingerprint density at radius 1 is 1.31 bits per heavy atom. The van der Waals surface area contributed by atoms with Crippen LogP contribution in [0.25, 0.3) is 11.3 Å². The molecule has 3 rings (SSSR count). The summed E-state index contributed by atoms with van der Waals surface area (Å²) in [5.74, 6) is -1.34. The number of rotatable bonds is 10. The molecular formula is C26H33ClF5N3O6S. The van der Waals surface area contributed by atoms with Crippen LogP contribution in [0.4, 0.5) is 22.0 Å². The fourth-order valence-electron chi connectivity index (χ4n) is 4.82. The molecule has 1 saturated carbocycles. The van der Waals surface area contributed by atoms with Gasteiger partial charge in [-0.1, -0.05) is 31.5 Å². The molecule has 0 unspecified atom stereocenters. The van der Waals surface area contributed by atoms with E-state index in [0.717, 1.165) is 26.2 Å². The summed E-state index contributed by atoms with van der Waals surface area (Å²) in [6.07, 6.45) is -5.75. The minimum absolute atomic E-state index is 0.00555. The van der Waals surface area contributed by atoms with Crippen molar-refractivity contribution in [2.45, 2.75) is 82.7 Å². The number of benzene rings is 1. The molecule has 1 heterocycles. The third-order valence-corrected chi connectivity index (χ3v) is 9.50. The Hall–Kier alpha value is -2.49. The second-order valence-corrected chi connectivity index (χ2v) is 13.8. The Bertz CT molecular complexity index is 1420. The molecule has 1 aliphatic carbocycles. The molecule has 1 aromatic carbocycles. The van der Waals surface area contributed by atoms with Crippen LogP contribution in [0.5, 0.6) is 5.75 Å². The third kappa shape index (κ3) is 7.34. The molecule has 1 fully saturated rings. The number of carbonyl (C=O) groups is 1. The molecule has 236 valence electrons. The number of aliphatic hydroxyl groups is 2. The van der Waals surface area contributed by atoms with E-state index >= 15 is 0 Å². The predicted octanol–water partition coefficient (Wildman–Crippen LogP) is 4.37. The SMILES string of the molecule is CCn1nc(C(=O)NC[C@@]2(O)CC[C@H](S(C)(=O)=O)C[C@@H]2O)c(Cl)c1-c1ccc(CC(C)(C)C(F)(F)F)cc1OC(F)F. The summed E-state index contributed by atoms with van der Waals surface area (Å²) in [7, 11) is -3.45. The first-order chi connectivity index (χ1) is 19.2. The van der Waals surface area contributed by atoms with Crippen molar-refractivity contribution in [3.8, 4) is 17.0 Å². The number of sulfone groups is 1. The molecule has 0 bridgehead atoms. The van der Waals surface area contributed by atoms with E-state index < -0.39 is 69.6 Å². The topological polar surface area (TPSA) is 131 Å².